The number of nitrogens with one attached hydrogen (secondary N) is 1. The first kappa shape index (κ1) is 20.4. The molecule has 1 atom stereocenters. The SMILES string of the molecule is CC(NC(=O)/C=C\c1ccccc1)c1nc2ccccc2n1CCOc1ccccc1. The van der Waals surface area contributed by atoms with Gasteiger partial charge < -0.3 is 14.6 Å². The molecule has 0 spiro atoms. The van der Waals surface area contributed by atoms with Crippen molar-refractivity contribution >= 4 is 23.0 Å². The van der Waals surface area contributed by atoms with E-state index in [2.05, 4.69) is 9.88 Å². The summed E-state index contributed by atoms with van der Waals surface area (Å²) in [4.78, 5) is 17.2. The van der Waals surface area contributed by atoms with E-state index >= 15 is 0 Å². The van der Waals surface area contributed by atoms with Crippen LogP contribution in [-0.2, 0) is 11.3 Å². The van der Waals surface area contributed by atoms with Crippen LogP contribution in [0.1, 0.15) is 24.4 Å². The van der Waals surface area contributed by atoms with Gasteiger partial charge in [0.05, 0.1) is 23.6 Å². The summed E-state index contributed by atoms with van der Waals surface area (Å²) in [5.41, 5.74) is 2.91. The van der Waals surface area contributed by atoms with Gasteiger partial charge in [0.15, 0.2) is 0 Å². The van der Waals surface area contributed by atoms with Gasteiger partial charge in [0.2, 0.25) is 5.91 Å². The van der Waals surface area contributed by atoms with Gasteiger partial charge in [-0.25, -0.2) is 4.98 Å². The second-order valence-electron chi connectivity index (χ2n) is 7.25. The molecule has 0 aliphatic carbocycles. The molecule has 0 aliphatic rings. The van der Waals surface area contributed by atoms with Crippen molar-refractivity contribution in [2.24, 2.45) is 0 Å². The van der Waals surface area contributed by atoms with Crippen molar-refractivity contribution in [1.29, 1.82) is 0 Å². The first-order chi connectivity index (χ1) is 15.2. The standard InChI is InChI=1S/C26H25N3O2/c1-20(27-25(30)17-16-21-10-4-2-5-11-21)26-28-23-14-8-9-15-24(23)29(26)18-19-31-22-12-6-3-7-13-22/h2-17,20H,18-19H2,1H3,(H,27,30)/b17-16-. The zero-order chi connectivity index (χ0) is 21.5. The Morgan fingerprint density at radius 1 is 1.00 bits per heavy atom. The van der Waals surface area contributed by atoms with Crippen molar-refractivity contribution in [1.82, 2.24) is 14.9 Å². The van der Waals surface area contributed by atoms with Crippen LogP contribution in [0.4, 0.5) is 0 Å². The monoisotopic (exact) mass is 411 g/mol. The highest BCUT2D eigenvalue weighted by molar-refractivity contribution is 5.92. The number of aromatic nitrogens is 2. The van der Waals surface area contributed by atoms with Crippen LogP contribution < -0.4 is 10.1 Å². The molecule has 5 nitrogen and oxygen atoms in total. The summed E-state index contributed by atoms with van der Waals surface area (Å²) in [6.45, 7) is 3.08. The lowest BCUT2D eigenvalue weighted by atomic mass is 10.2. The number of hydrogen-bond donors (Lipinski definition) is 1. The smallest absolute Gasteiger partial charge is 0.244 e. The average molecular weight is 412 g/mol. The van der Waals surface area contributed by atoms with E-state index in [1.54, 1.807) is 12.2 Å². The highest BCUT2D eigenvalue weighted by atomic mass is 16.5. The molecule has 5 heteroatoms. The number of carbonyl (C=O) groups excluding carboxylic acids is 1. The zero-order valence-electron chi connectivity index (χ0n) is 17.4. The molecular formula is C26H25N3O2. The molecule has 1 unspecified atom stereocenters. The van der Waals surface area contributed by atoms with Crippen LogP contribution in [0.3, 0.4) is 0 Å². The number of fused-ring (bicyclic) bond motifs is 1. The summed E-state index contributed by atoms with van der Waals surface area (Å²) in [7, 11) is 0. The van der Waals surface area contributed by atoms with Crippen molar-refractivity contribution in [3.63, 3.8) is 0 Å². The maximum absolute atomic E-state index is 12.5. The Hall–Kier alpha value is -3.86. The Labute approximate surface area is 182 Å². The number of benzene rings is 3. The Kier molecular flexibility index (Phi) is 6.43. The highest BCUT2D eigenvalue weighted by Gasteiger charge is 2.17. The summed E-state index contributed by atoms with van der Waals surface area (Å²) < 4.78 is 8.00. The van der Waals surface area contributed by atoms with E-state index in [1.165, 1.54) is 0 Å². The van der Waals surface area contributed by atoms with E-state index in [-0.39, 0.29) is 11.9 Å². The quantitative estimate of drug-likeness (QED) is 0.415. The van der Waals surface area contributed by atoms with Gasteiger partial charge in [-0.1, -0.05) is 60.7 Å². The maximum atomic E-state index is 12.5. The van der Waals surface area contributed by atoms with E-state index < -0.39 is 0 Å². The summed E-state index contributed by atoms with van der Waals surface area (Å²) in [5, 5.41) is 3.03. The van der Waals surface area contributed by atoms with Gasteiger partial charge in [-0.3, -0.25) is 4.79 Å². The van der Waals surface area contributed by atoms with Crippen LogP contribution in [0.2, 0.25) is 0 Å². The molecule has 0 saturated heterocycles. The number of rotatable bonds is 8. The Bertz CT molecular complexity index is 1170. The molecule has 156 valence electrons. The van der Waals surface area contributed by atoms with Crippen LogP contribution in [0, 0.1) is 0 Å². The van der Waals surface area contributed by atoms with Gasteiger partial charge in [-0.2, -0.15) is 0 Å². The van der Waals surface area contributed by atoms with E-state index in [1.807, 2.05) is 91.9 Å². The molecule has 4 aromatic rings. The van der Waals surface area contributed by atoms with Gasteiger partial charge in [-0.05, 0) is 42.8 Å². The van der Waals surface area contributed by atoms with Crippen molar-refractivity contribution in [3.8, 4) is 5.75 Å². The van der Waals surface area contributed by atoms with Crippen LogP contribution >= 0.6 is 0 Å². The van der Waals surface area contributed by atoms with E-state index in [0.717, 1.165) is 28.2 Å². The number of nitrogens with zero attached hydrogens (tertiary/aromatic N) is 2. The third kappa shape index (κ3) is 5.20. The molecule has 0 aliphatic heterocycles. The average Bonchev–Trinajstić information content (AvgIpc) is 3.18. The van der Waals surface area contributed by atoms with Gasteiger partial charge in [0.1, 0.15) is 18.2 Å². The fourth-order valence-corrected chi connectivity index (χ4v) is 3.49. The zero-order valence-corrected chi connectivity index (χ0v) is 17.4. The third-order valence-electron chi connectivity index (χ3n) is 4.98. The van der Waals surface area contributed by atoms with E-state index in [0.29, 0.717) is 13.2 Å². The predicted molar refractivity (Wildman–Crippen MR) is 124 cm³/mol. The fourth-order valence-electron chi connectivity index (χ4n) is 3.49. The van der Waals surface area contributed by atoms with Crippen molar-refractivity contribution in [2.75, 3.05) is 6.61 Å². The molecule has 1 heterocycles. The summed E-state index contributed by atoms with van der Waals surface area (Å²) in [5.74, 6) is 1.48. The maximum Gasteiger partial charge on any atom is 0.244 e. The second-order valence-corrected chi connectivity index (χ2v) is 7.25. The normalized spacial score (nSPS) is 12.2. The van der Waals surface area contributed by atoms with Crippen LogP contribution in [0.5, 0.6) is 5.75 Å². The number of imidazole rings is 1. The topological polar surface area (TPSA) is 56.2 Å². The summed E-state index contributed by atoms with van der Waals surface area (Å²) >= 11 is 0. The molecular weight excluding hydrogens is 386 g/mol. The first-order valence-electron chi connectivity index (χ1n) is 10.4. The molecule has 0 fully saturated rings. The molecule has 0 saturated carbocycles. The molecule has 1 N–H and O–H groups in total. The molecule has 0 radical (unpaired) electrons. The first-order valence-corrected chi connectivity index (χ1v) is 10.4. The highest BCUT2D eigenvalue weighted by Crippen LogP contribution is 2.21. The van der Waals surface area contributed by atoms with Crippen LogP contribution in [0.25, 0.3) is 17.1 Å². The lowest BCUT2D eigenvalue weighted by molar-refractivity contribution is -0.117. The summed E-state index contributed by atoms with van der Waals surface area (Å²) in [6.07, 6.45) is 3.36. The molecule has 1 aromatic heterocycles. The van der Waals surface area contributed by atoms with Gasteiger partial charge in [0.25, 0.3) is 0 Å². The Morgan fingerprint density at radius 3 is 2.45 bits per heavy atom. The van der Waals surface area contributed by atoms with Gasteiger partial charge in [0, 0.05) is 6.08 Å². The van der Waals surface area contributed by atoms with Crippen LogP contribution in [0.15, 0.2) is 91.0 Å². The Morgan fingerprint density at radius 2 is 1.68 bits per heavy atom. The minimum Gasteiger partial charge on any atom is -0.492 e. The number of ether oxygens (including phenoxy) is 1. The van der Waals surface area contributed by atoms with Gasteiger partial charge >= 0.3 is 0 Å². The molecule has 4 rings (SSSR count). The largest absolute Gasteiger partial charge is 0.492 e. The molecule has 0 bridgehead atoms. The van der Waals surface area contributed by atoms with Gasteiger partial charge in [-0.15, -0.1) is 0 Å². The molecule has 31 heavy (non-hydrogen) atoms. The minimum atomic E-state index is -0.253. The van der Waals surface area contributed by atoms with E-state index in [9.17, 15) is 4.79 Å². The van der Waals surface area contributed by atoms with E-state index in [4.69, 9.17) is 9.72 Å². The van der Waals surface area contributed by atoms with Crippen molar-refractivity contribution in [3.05, 3.63) is 102 Å². The Balaban J connectivity index is 1.48. The minimum absolute atomic E-state index is 0.157. The van der Waals surface area contributed by atoms with Crippen molar-refractivity contribution in [2.45, 2.75) is 19.5 Å². The summed E-state index contributed by atoms with van der Waals surface area (Å²) in [6, 6.07) is 27.2. The number of carbonyl (C=O) groups is 1. The predicted octanol–water partition coefficient (Wildman–Crippen LogP) is 5.01. The molecule has 3 aromatic carbocycles. The second kappa shape index (κ2) is 9.76. The number of amides is 1. The lowest BCUT2D eigenvalue weighted by Crippen LogP contribution is -2.27. The number of para-hydroxylation sites is 3. The lowest BCUT2D eigenvalue weighted by Gasteiger charge is -2.16. The third-order valence-corrected chi connectivity index (χ3v) is 4.98. The van der Waals surface area contributed by atoms with Crippen molar-refractivity contribution < 1.29 is 9.53 Å². The number of hydrogen-bond acceptors (Lipinski definition) is 3. The van der Waals surface area contributed by atoms with Crippen LogP contribution in [-0.4, -0.2) is 22.1 Å². The molecule has 1 amide bonds. The fraction of sp³-hybridized carbons (Fsp3) is 0.154.